The Balaban J connectivity index is 4.24. The van der Waals surface area contributed by atoms with Gasteiger partial charge in [0.25, 0.3) is 10.1 Å². The molecule has 0 aliphatic carbocycles. The highest BCUT2D eigenvalue weighted by Gasteiger charge is 2.29. The van der Waals surface area contributed by atoms with Gasteiger partial charge in [-0.05, 0) is 13.0 Å². The fraction of sp³-hybridized carbons (Fsp3) is 0.889. The average molecular weight is 301 g/mol. The van der Waals surface area contributed by atoms with Crippen LogP contribution in [0.15, 0.2) is 0 Å². The molecule has 0 heterocycles. The van der Waals surface area contributed by atoms with Crippen molar-refractivity contribution in [1.82, 2.24) is 5.32 Å². The van der Waals surface area contributed by atoms with Gasteiger partial charge in [0.05, 0.1) is 25.0 Å². The molecule has 6 N–H and O–H groups in total. The van der Waals surface area contributed by atoms with Crippen LogP contribution in [-0.4, -0.2) is 82.9 Å². The molecule has 0 fully saturated rings. The minimum Gasteiger partial charge on any atom is -0.394 e. The molecule has 0 aliphatic heterocycles. The van der Waals surface area contributed by atoms with Crippen molar-refractivity contribution in [3.05, 3.63) is 0 Å². The Bertz CT molecular complexity index is 370. The molecular formula is C9H19NO8S. The Morgan fingerprint density at radius 1 is 1.16 bits per heavy atom. The highest BCUT2D eigenvalue weighted by atomic mass is 32.2. The SMILES string of the molecule is O=C([C@H](CO)NCCCS(=O)(=O)O)[C@H](O)[C@H](O)CO. The highest BCUT2D eigenvalue weighted by molar-refractivity contribution is 7.85. The van der Waals surface area contributed by atoms with Crippen LogP contribution in [0.25, 0.3) is 0 Å². The van der Waals surface area contributed by atoms with Gasteiger partial charge in [0.1, 0.15) is 12.2 Å². The van der Waals surface area contributed by atoms with E-state index in [1.54, 1.807) is 0 Å². The summed E-state index contributed by atoms with van der Waals surface area (Å²) in [5, 5.41) is 38.4. The first-order valence-electron chi connectivity index (χ1n) is 5.53. The third-order valence-corrected chi connectivity index (χ3v) is 3.14. The Labute approximate surface area is 110 Å². The molecule has 0 bridgehead atoms. The summed E-state index contributed by atoms with van der Waals surface area (Å²) in [7, 11) is -4.09. The summed E-state index contributed by atoms with van der Waals surface area (Å²) in [5.41, 5.74) is 0. The average Bonchev–Trinajstić information content (AvgIpc) is 2.35. The fourth-order valence-electron chi connectivity index (χ4n) is 1.28. The predicted octanol–water partition coefficient (Wildman–Crippen LogP) is -3.50. The summed E-state index contributed by atoms with van der Waals surface area (Å²) in [6.07, 6.45) is -3.50. The molecule has 10 heteroatoms. The van der Waals surface area contributed by atoms with Crippen LogP contribution in [0.3, 0.4) is 0 Å². The van der Waals surface area contributed by atoms with Gasteiger partial charge in [-0.1, -0.05) is 0 Å². The molecule has 0 spiro atoms. The Morgan fingerprint density at radius 2 is 1.74 bits per heavy atom. The zero-order valence-electron chi connectivity index (χ0n) is 10.1. The van der Waals surface area contributed by atoms with Crippen molar-refractivity contribution in [3.63, 3.8) is 0 Å². The number of rotatable bonds is 10. The minimum absolute atomic E-state index is 0.00125. The van der Waals surface area contributed by atoms with Crippen LogP contribution in [0.1, 0.15) is 6.42 Å². The van der Waals surface area contributed by atoms with Gasteiger partial charge in [-0.25, -0.2) is 0 Å². The number of aliphatic hydroxyl groups is 4. The number of nitrogens with one attached hydrogen (secondary N) is 1. The summed E-state index contributed by atoms with van der Waals surface area (Å²) in [6.45, 7) is -1.48. The fourth-order valence-corrected chi connectivity index (χ4v) is 1.79. The quantitative estimate of drug-likeness (QED) is 0.177. The third-order valence-electron chi connectivity index (χ3n) is 2.34. The molecule has 0 radical (unpaired) electrons. The van der Waals surface area contributed by atoms with E-state index in [9.17, 15) is 18.3 Å². The van der Waals surface area contributed by atoms with Crippen molar-refractivity contribution in [1.29, 1.82) is 0 Å². The van der Waals surface area contributed by atoms with E-state index < -0.39 is 53.1 Å². The lowest BCUT2D eigenvalue weighted by molar-refractivity contribution is -0.137. The first-order chi connectivity index (χ1) is 8.72. The largest absolute Gasteiger partial charge is 0.394 e. The van der Waals surface area contributed by atoms with Gasteiger partial charge in [0, 0.05) is 0 Å². The number of carbonyl (C=O) groups excluding carboxylic acids is 1. The molecule has 19 heavy (non-hydrogen) atoms. The molecule has 0 saturated carbocycles. The molecule has 0 aromatic heterocycles. The maximum atomic E-state index is 11.6. The van der Waals surface area contributed by atoms with E-state index in [0.717, 1.165) is 0 Å². The lowest BCUT2D eigenvalue weighted by Gasteiger charge is -2.20. The molecule has 0 amide bonds. The summed E-state index contributed by atoms with van der Waals surface area (Å²) < 4.78 is 29.3. The van der Waals surface area contributed by atoms with Crippen LogP contribution in [0, 0.1) is 0 Å². The summed E-state index contributed by atoms with van der Waals surface area (Å²) in [6, 6.07) is -1.20. The number of hydrogen-bond donors (Lipinski definition) is 6. The van der Waals surface area contributed by atoms with Crippen molar-refractivity contribution >= 4 is 15.9 Å². The first-order valence-corrected chi connectivity index (χ1v) is 7.14. The molecular weight excluding hydrogens is 282 g/mol. The van der Waals surface area contributed by atoms with Crippen LogP contribution in [-0.2, 0) is 14.9 Å². The van der Waals surface area contributed by atoms with Crippen molar-refractivity contribution in [3.8, 4) is 0 Å². The van der Waals surface area contributed by atoms with Crippen molar-refractivity contribution < 1.29 is 38.2 Å². The molecule has 0 saturated heterocycles. The lowest BCUT2D eigenvalue weighted by Crippen LogP contribution is -2.50. The predicted molar refractivity (Wildman–Crippen MR) is 64.0 cm³/mol. The highest BCUT2D eigenvalue weighted by Crippen LogP contribution is 1.99. The van der Waals surface area contributed by atoms with Crippen molar-refractivity contribution in [2.75, 3.05) is 25.5 Å². The Hall–Kier alpha value is -0.620. The second-order valence-electron chi connectivity index (χ2n) is 3.93. The maximum Gasteiger partial charge on any atom is 0.264 e. The molecule has 0 rings (SSSR count). The number of hydrogen-bond acceptors (Lipinski definition) is 8. The standard InChI is InChI=1S/C9H19NO8S/c11-4-6(8(14)9(15)7(13)5-12)10-2-1-3-19(16,17)18/h6-7,9-13,15H,1-5H2,(H,16,17,18)/t6-,7+,9+/m0/s1. The molecule has 0 aromatic rings. The number of carbonyl (C=O) groups is 1. The summed E-state index contributed by atoms with van der Waals surface area (Å²) in [4.78, 5) is 11.6. The summed E-state index contributed by atoms with van der Waals surface area (Å²) >= 11 is 0. The second kappa shape index (κ2) is 8.53. The second-order valence-corrected chi connectivity index (χ2v) is 5.50. The zero-order valence-corrected chi connectivity index (χ0v) is 11.0. The van der Waals surface area contributed by atoms with Gasteiger partial charge < -0.3 is 25.7 Å². The van der Waals surface area contributed by atoms with E-state index in [-0.39, 0.29) is 13.0 Å². The monoisotopic (exact) mass is 301 g/mol. The van der Waals surface area contributed by atoms with Crippen molar-refractivity contribution in [2.45, 2.75) is 24.7 Å². The van der Waals surface area contributed by atoms with Gasteiger partial charge in [-0.2, -0.15) is 8.42 Å². The van der Waals surface area contributed by atoms with E-state index in [1.807, 2.05) is 0 Å². The van der Waals surface area contributed by atoms with Crippen LogP contribution in [0.4, 0.5) is 0 Å². The topological polar surface area (TPSA) is 164 Å². The van der Waals surface area contributed by atoms with Gasteiger partial charge in [-0.3, -0.25) is 9.35 Å². The smallest absolute Gasteiger partial charge is 0.264 e. The van der Waals surface area contributed by atoms with Gasteiger partial charge in [0.15, 0.2) is 5.78 Å². The van der Waals surface area contributed by atoms with Gasteiger partial charge in [0.2, 0.25) is 0 Å². The molecule has 3 atom stereocenters. The minimum atomic E-state index is -4.09. The van der Waals surface area contributed by atoms with E-state index in [1.165, 1.54) is 0 Å². The van der Waals surface area contributed by atoms with Crippen LogP contribution >= 0.6 is 0 Å². The van der Waals surface area contributed by atoms with E-state index in [4.69, 9.17) is 19.9 Å². The van der Waals surface area contributed by atoms with Crippen LogP contribution < -0.4 is 5.32 Å². The molecule has 0 unspecified atom stereocenters. The van der Waals surface area contributed by atoms with Crippen molar-refractivity contribution in [2.24, 2.45) is 0 Å². The maximum absolute atomic E-state index is 11.6. The number of ketones is 1. The van der Waals surface area contributed by atoms with E-state index in [0.29, 0.717) is 0 Å². The van der Waals surface area contributed by atoms with Gasteiger partial charge >= 0.3 is 0 Å². The summed E-state index contributed by atoms with van der Waals surface area (Å²) in [5.74, 6) is -1.43. The van der Waals surface area contributed by atoms with Crippen LogP contribution in [0.2, 0.25) is 0 Å². The zero-order chi connectivity index (χ0) is 15.1. The van der Waals surface area contributed by atoms with E-state index >= 15 is 0 Å². The number of aliphatic hydroxyl groups excluding tert-OH is 4. The Kier molecular flexibility index (Phi) is 8.25. The first kappa shape index (κ1) is 18.4. The van der Waals surface area contributed by atoms with E-state index in [2.05, 4.69) is 5.32 Å². The van der Waals surface area contributed by atoms with Gasteiger partial charge in [-0.15, -0.1) is 0 Å². The lowest BCUT2D eigenvalue weighted by atomic mass is 10.0. The third kappa shape index (κ3) is 7.52. The Morgan fingerprint density at radius 3 is 2.16 bits per heavy atom. The molecule has 114 valence electrons. The van der Waals surface area contributed by atoms with Crippen LogP contribution in [0.5, 0.6) is 0 Å². The molecule has 9 nitrogen and oxygen atoms in total. The molecule has 0 aromatic carbocycles. The molecule has 0 aliphatic rings. The number of Topliss-reactive ketones (excluding diaryl/α,β-unsaturated/α-hetero) is 1. The normalized spacial score (nSPS) is 16.9.